The summed E-state index contributed by atoms with van der Waals surface area (Å²) < 4.78 is 0. The zero-order valence-corrected chi connectivity index (χ0v) is 7.10. The van der Waals surface area contributed by atoms with E-state index in [1.807, 2.05) is 0 Å². The maximum Gasteiger partial charge on any atom is 0.123 e. The molecule has 10 heavy (non-hydrogen) atoms. The Bertz CT molecular complexity index is 73.7. The van der Waals surface area contributed by atoms with Gasteiger partial charge in [-0.2, -0.15) is 0 Å². The molecule has 0 aliphatic heterocycles. The molecule has 0 saturated heterocycles. The molecule has 1 unspecified atom stereocenters. The summed E-state index contributed by atoms with van der Waals surface area (Å²) in [5.41, 5.74) is 0. The van der Waals surface area contributed by atoms with Crippen molar-refractivity contribution < 1.29 is 4.79 Å². The maximum atomic E-state index is 10.2. The van der Waals surface area contributed by atoms with Crippen LogP contribution in [0.3, 0.4) is 0 Å². The van der Waals surface area contributed by atoms with E-state index in [0.29, 0.717) is 5.92 Å². The van der Waals surface area contributed by atoms with Crippen molar-refractivity contribution in [3.05, 3.63) is 0 Å². The molecule has 0 fully saturated rings. The predicted molar refractivity (Wildman–Crippen MR) is 44.4 cm³/mol. The molecular weight excluding hydrogens is 126 g/mol. The highest BCUT2D eigenvalue weighted by atomic mass is 16.1. The Hall–Kier alpha value is -0.370. The number of unbranched alkanes of at least 4 members (excludes halogenated alkanes) is 1. The first kappa shape index (κ1) is 12.3. The van der Waals surface area contributed by atoms with Gasteiger partial charge in [-0.05, 0) is 12.8 Å². The lowest BCUT2D eigenvalue weighted by Crippen LogP contribution is -1.98. The van der Waals surface area contributed by atoms with Crippen molar-refractivity contribution in [2.45, 2.75) is 39.5 Å². The van der Waals surface area contributed by atoms with Crippen molar-refractivity contribution in [3.8, 4) is 0 Å². The average Bonchev–Trinajstić information content (AvgIpc) is 1.91. The number of hydrogen-bond donors (Lipinski definition) is 1. The number of rotatable bonds is 5. The Morgan fingerprint density at radius 1 is 1.40 bits per heavy atom. The fourth-order valence-corrected chi connectivity index (χ4v) is 0.835. The Morgan fingerprint density at radius 2 is 2.00 bits per heavy atom. The molecule has 0 saturated carbocycles. The van der Waals surface area contributed by atoms with Crippen molar-refractivity contribution >= 4 is 6.29 Å². The largest absolute Gasteiger partial charge is 0.344 e. The van der Waals surface area contributed by atoms with Gasteiger partial charge in [0.05, 0.1) is 0 Å². The lowest BCUT2D eigenvalue weighted by molar-refractivity contribution is -0.111. The Labute approximate surface area is 63.6 Å². The van der Waals surface area contributed by atoms with E-state index in [4.69, 9.17) is 0 Å². The highest BCUT2D eigenvalue weighted by Crippen LogP contribution is 2.08. The normalized spacial score (nSPS) is 11.8. The monoisotopic (exact) mass is 145 g/mol. The number of carbonyl (C=O) groups is 1. The summed E-state index contributed by atoms with van der Waals surface area (Å²) in [6.45, 7) is 4.21. The molecule has 0 aromatic heterocycles. The molecule has 0 aromatic carbocycles. The molecule has 2 nitrogen and oxygen atoms in total. The molecule has 62 valence electrons. The SMILES string of the molecule is CCCCC(C=O)CC.N. The average molecular weight is 145 g/mol. The van der Waals surface area contributed by atoms with Gasteiger partial charge in [0.1, 0.15) is 6.29 Å². The van der Waals surface area contributed by atoms with Crippen molar-refractivity contribution in [3.63, 3.8) is 0 Å². The second-order valence-corrected chi connectivity index (χ2v) is 2.45. The molecule has 0 radical (unpaired) electrons. The molecule has 2 heteroatoms. The topological polar surface area (TPSA) is 52.1 Å². The fourth-order valence-electron chi connectivity index (χ4n) is 0.835. The van der Waals surface area contributed by atoms with Crippen molar-refractivity contribution in [1.29, 1.82) is 0 Å². The second-order valence-electron chi connectivity index (χ2n) is 2.45. The first-order valence-electron chi connectivity index (χ1n) is 3.80. The molecule has 0 bridgehead atoms. The molecule has 0 heterocycles. The van der Waals surface area contributed by atoms with Crippen LogP contribution in [-0.2, 0) is 4.79 Å². The quantitative estimate of drug-likeness (QED) is 0.604. The summed E-state index contributed by atoms with van der Waals surface area (Å²) in [4.78, 5) is 10.2. The van der Waals surface area contributed by atoms with Crippen LogP contribution < -0.4 is 6.15 Å². The van der Waals surface area contributed by atoms with Gasteiger partial charge < -0.3 is 10.9 Å². The minimum Gasteiger partial charge on any atom is -0.344 e. The van der Waals surface area contributed by atoms with Crippen LogP contribution in [0.4, 0.5) is 0 Å². The van der Waals surface area contributed by atoms with Crippen LogP contribution in [0.25, 0.3) is 0 Å². The molecular formula is C8H19NO. The van der Waals surface area contributed by atoms with E-state index in [9.17, 15) is 4.79 Å². The van der Waals surface area contributed by atoms with Crippen LogP contribution in [0.5, 0.6) is 0 Å². The van der Waals surface area contributed by atoms with E-state index >= 15 is 0 Å². The third kappa shape index (κ3) is 5.76. The highest BCUT2D eigenvalue weighted by molar-refractivity contribution is 5.53. The molecule has 0 rings (SSSR count). The van der Waals surface area contributed by atoms with Crippen LogP contribution in [-0.4, -0.2) is 6.29 Å². The predicted octanol–water partition coefficient (Wildman–Crippen LogP) is 2.56. The van der Waals surface area contributed by atoms with Crippen LogP contribution in [0.2, 0.25) is 0 Å². The van der Waals surface area contributed by atoms with Gasteiger partial charge in [-0.25, -0.2) is 0 Å². The van der Waals surface area contributed by atoms with Gasteiger partial charge in [0, 0.05) is 5.92 Å². The summed E-state index contributed by atoms with van der Waals surface area (Å²) in [6, 6.07) is 0. The summed E-state index contributed by atoms with van der Waals surface area (Å²) in [7, 11) is 0. The van der Waals surface area contributed by atoms with Crippen LogP contribution in [0.1, 0.15) is 39.5 Å². The van der Waals surface area contributed by atoms with E-state index in [1.54, 1.807) is 0 Å². The summed E-state index contributed by atoms with van der Waals surface area (Å²) >= 11 is 0. The first-order valence-corrected chi connectivity index (χ1v) is 3.80. The number of aldehydes is 1. The molecule has 0 amide bonds. The maximum absolute atomic E-state index is 10.2. The third-order valence-corrected chi connectivity index (χ3v) is 1.65. The smallest absolute Gasteiger partial charge is 0.123 e. The fraction of sp³-hybridized carbons (Fsp3) is 0.875. The highest BCUT2D eigenvalue weighted by Gasteiger charge is 2.01. The molecule has 1 atom stereocenters. The van der Waals surface area contributed by atoms with Gasteiger partial charge in [0.15, 0.2) is 0 Å². The zero-order chi connectivity index (χ0) is 7.11. The van der Waals surface area contributed by atoms with Crippen molar-refractivity contribution in [2.24, 2.45) is 5.92 Å². The minimum atomic E-state index is 0. The van der Waals surface area contributed by atoms with E-state index in [-0.39, 0.29) is 6.15 Å². The Kier molecular flexibility index (Phi) is 10.6. The van der Waals surface area contributed by atoms with Gasteiger partial charge >= 0.3 is 0 Å². The molecule has 0 aliphatic carbocycles. The summed E-state index contributed by atoms with van der Waals surface area (Å²) in [5.74, 6) is 0.324. The van der Waals surface area contributed by atoms with Crippen LogP contribution in [0.15, 0.2) is 0 Å². The van der Waals surface area contributed by atoms with Crippen molar-refractivity contribution in [1.82, 2.24) is 6.15 Å². The van der Waals surface area contributed by atoms with Gasteiger partial charge in [-0.15, -0.1) is 0 Å². The van der Waals surface area contributed by atoms with Gasteiger partial charge in [0.2, 0.25) is 0 Å². The third-order valence-electron chi connectivity index (χ3n) is 1.65. The van der Waals surface area contributed by atoms with Gasteiger partial charge in [-0.3, -0.25) is 0 Å². The standard InChI is InChI=1S/C8H16O.H3N/c1-3-5-6-8(4-2)7-9;/h7-8H,3-6H2,1-2H3;1H3. The summed E-state index contributed by atoms with van der Waals surface area (Å²) in [5, 5.41) is 0. The lowest BCUT2D eigenvalue weighted by atomic mass is 10.0. The van der Waals surface area contributed by atoms with E-state index in [1.165, 1.54) is 12.8 Å². The zero-order valence-electron chi connectivity index (χ0n) is 7.10. The van der Waals surface area contributed by atoms with Crippen molar-refractivity contribution in [2.75, 3.05) is 0 Å². The summed E-state index contributed by atoms with van der Waals surface area (Å²) in [6.07, 6.45) is 5.55. The molecule has 3 N–H and O–H groups in total. The number of carbonyl (C=O) groups excluding carboxylic acids is 1. The van der Waals surface area contributed by atoms with Gasteiger partial charge in [-0.1, -0.05) is 26.7 Å². The lowest BCUT2D eigenvalue weighted by Gasteiger charge is -2.03. The van der Waals surface area contributed by atoms with Crippen LogP contribution in [0, 0.1) is 5.92 Å². The van der Waals surface area contributed by atoms with E-state index in [0.717, 1.165) is 19.1 Å². The van der Waals surface area contributed by atoms with E-state index in [2.05, 4.69) is 13.8 Å². The van der Waals surface area contributed by atoms with Gasteiger partial charge in [0.25, 0.3) is 0 Å². The molecule has 0 aromatic rings. The Balaban J connectivity index is 0. The molecule has 0 spiro atoms. The van der Waals surface area contributed by atoms with Crippen LogP contribution >= 0.6 is 0 Å². The Morgan fingerprint density at radius 3 is 2.30 bits per heavy atom. The minimum absolute atomic E-state index is 0. The van der Waals surface area contributed by atoms with E-state index < -0.39 is 0 Å². The number of hydrogen-bond acceptors (Lipinski definition) is 2. The first-order chi connectivity index (χ1) is 4.35. The second kappa shape index (κ2) is 8.63. The molecule has 0 aliphatic rings.